The summed E-state index contributed by atoms with van der Waals surface area (Å²) in [7, 11) is 2.08. The number of aryl methyl sites for hydroxylation is 2. The number of hydrogen-bond acceptors (Lipinski definition) is 2. The molecule has 1 heterocycles. The lowest BCUT2D eigenvalue weighted by atomic mass is 10.1. The Morgan fingerprint density at radius 1 is 1.38 bits per heavy atom. The Labute approximate surface area is 104 Å². The second-order valence-electron chi connectivity index (χ2n) is 4.79. The zero-order valence-electron chi connectivity index (χ0n) is 10.8. The van der Waals surface area contributed by atoms with Gasteiger partial charge in [0.05, 0.1) is 5.88 Å². The van der Waals surface area contributed by atoms with Crippen molar-refractivity contribution in [3.63, 3.8) is 0 Å². The van der Waals surface area contributed by atoms with Gasteiger partial charge in [0, 0.05) is 24.8 Å². The summed E-state index contributed by atoms with van der Waals surface area (Å²) >= 11 is 6.00. The van der Waals surface area contributed by atoms with E-state index >= 15 is 0 Å². The van der Waals surface area contributed by atoms with Crippen LogP contribution >= 0.6 is 11.6 Å². The third-order valence-corrected chi connectivity index (χ3v) is 2.86. The van der Waals surface area contributed by atoms with Crippen molar-refractivity contribution in [1.29, 1.82) is 0 Å². The molecule has 0 aromatic carbocycles. The Balaban J connectivity index is 3.10. The molecule has 3 heteroatoms. The fourth-order valence-electron chi connectivity index (χ4n) is 1.96. The van der Waals surface area contributed by atoms with Crippen molar-refractivity contribution in [2.75, 3.05) is 18.5 Å². The zero-order valence-corrected chi connectivity index (χ0v) is 11.6. The Bertz CT molecular complexity index is 361. The quantitative estimate of drug-likeness (QED) is 0.749. The highest BCUT2D eigenvalue weighted by Crippen LogP contribution is 2.24. The predicted molar refractivity (Wildman–Crippen MR) is 71.4 cm³/mol. The van der Waals surface area contributed by atoms with Crippen molar-refractivity contribution in [2.45, 2.75) is 33.6 Å². The standard InChI is InChI=1S/C13H21ClN2/c1-9(2)8-16(5)13-12(7-14)10(3)6-11(4)15-13/h6,9H,7-8H2,1-5H3. The number of nitrogens with zero attached hydrogens (tertiary/aromatic N) is 2. The van der Waals surface area contributed by atoms with Gasteiger partial charge in [-0.1, -0.05) is 13.8 Å². The van der Waals surface area contributed by atoms with E-state index in [1.807, 2.05) is 6.92 Å². The lowest BCUT2D eigenvalue weighted by Gasteiger charge is -2.24. The van der Waals surface area contributed by atoms with E-state index in [-0.39, 0.29) is 0 Å². The average Bonchev–Trinajstić information content (AvgIpc) is 2.15. The van der Waals surface area contributed by atoms with Crippen LogP contribution in [0.25, 0.3) is 0 Å². The van der Waals surface area contributed by atoms with Gasteiger partial charge in [0.2, 0.25) is 0 Å². The molecule has 1 rings (SSSR count). The first kappa shape index (κ1) is 13.3. The molecule has 0 saturated heterocycles. The van der Waals surface area contributed by atoms with Gasteiger partial charge in [0.25, 0.3) is 0 Å². The number of halogens is 1. The van der Waals surface area contributed by atoms with Gasteiger partial charge in [-0.15, -0.1) is 11.6 Å². The molecular weight excluding hydrogens is 220 g/mol. The van der Waals surface area contributed by atoms with E-state index in [9.17, 15) is 0 Å². The first-order valence-corrected chi connectivity index (χ1v) is 6.23. The highest BCUT2D eigenvalue weighted by atomic mass is 35.5. The summed E-state index contributed by atoms with van der Waals surface area (Å²) in [5.74, 6) is 2.17. The van der Waals surface area contributed by atoms with Crippen LogP contribution in [-0.4, -0.2) is 18.6 Å². The Kier molecular flexibility index (Phi) is 4.60. The van der Waals surface area contributed by atoms with Gasteiger partial charge >= 0.3 is 0 Å². The van der Waals surface area contributed by atoms with Crippen LogP contribution in [0.15, 0.2) is 6.07 Å². The summed E-state index contributed by atoms with van der Waals surface area (Å²) in [6, 6.07) is 2.09. The largest absolute Gasteiger partial charge is 0.359 e. The molecule has 0 amide bonds. The SMILES string of the molecule is Cc1cc(C)c(CCl)c(N(C)CC(C)C)n1. The summed E-state index contributed by atoms with van der Waals surface area (Å²) in [5.41, 5.74) is 3.43. The van der Waals surface area contributed by atoms with E-state index < -0.39 is 0 Å². The zero-order chi connectivity index (χ0) is 12.3. The van der Waals surface area contributed by atoms with Gasteiger partial charge in [-0.3, -0.25) is 0 Å². The van der Waals surface area contributed by atoms with E-state index in [0.29, 0.717) is 11.8 Å². The maximum Gasteiger partial charge on any atom is 0.133 e. The third kappa shape index (κ3) is 3.11. The molecule has 0 aliphatic heterocycles. The smallest absolute Gasteiger partial charge is 0.133 e. The molecule has 0 spiro atoms. The Hall–Kier alpha value is -0.760. The minimum Gasteiger partial charge on any atom is -0.359 e. The molecule has 0 atom stereocenters. The number of alkyl halides is 1. The summed E-state index contributed by atoms with van der Waals surface area (Å²) in [4.78, 5) is 6.80. The maximum atomic E-state index is 6.00. The van der Waals surface area contributed by atoms with Crippen LogP contribution in [0.1, 0.15) is 30.7 Å². The first-order valence-electron chi connectivity index (χ1n) is 5.70. The Morgan fingerprint density at radius 3 is 2.50 bits per heavy atom. The molecule has 0 unspecified atom stereocenters. The van der Waals surface area contributed by atoms with E-state index in [4.69, 9.17) is 11.6 Å². The van der Waals surface area contributed by atoms with Crippen LogP contribution in [0.2, 0.25) is 0 Å². The minimum atomic E-state index is 0.525. The number of aromatic nitrogens is 1. The molecule has 2 nitrogen and oxygen atoms in total. The summed E-state index contributed by atoms with van der Waals surface area (Å²) in [6.07, 6.45) is 0. The molecule has 90 valence electrons. The third-order valence-electron chi connectivity index (χ3n) is 2.59. The van der Waals surface area contributed by atoms with Crippen molar-refractivity contribution in [1.82, 2.24) is 4.98 Å². The molecule has 0 N–H and O–H groups in total. The highest BCUT2D eigenvalue weighted by molar-refractivity contribution is 6.17. The van der Waals surface area contributed by atoms with Crippen molar-refractivity contribution in [3.8, 4) is 0 Å². The minimum absolute atomic E-state index is 0.525. The summed E-state index contributed by atoms with van der Waals surface area (Å²) in [6.45, 7) is 9.54. The van der Waals surface area contributed by atoms with E-state index in [2.05, 4.69) is 43.8 Å². The van der Waals surface area contributed by atoms with Crippen LogP contribution in [0, 0.1) is 19.8 Å². The van der Waals surface area contributed by atoms with Crippen LogP contribution in [-0.2, 0) is 5.88 Å². The fraction of sp³-hybridized carbons (Fsp3) is 0.615. The van der Waals surface area contributed by atoms with Gasteiger partial charge < -0.3 is 4.90 Å². The van der Waals surface area contributed by atoms with Gasteiger partial charge in [-0.25, -0.2) is 4.98 Å². The summed E-state index contributed by atoms with van der Waals surface area (Å²) in [5, 5.41) is 0. The molecule has 0 bridgehead atoms. The predicted octanol–water partition coefficient (Wildman–Crippen LogP) is 3.53. The molecule has 0 fully saturated rings. The topological polar surface area (TPSA) is 16.1 Å². The van der Waals surface area contributed by atoms with Gasteiger partial charge in [0.15, 0.2) is 0 Å². The lowest BCUT2D eigenvalue weighted by molar-refractivity contribution is 0.633. The number of hydrogen-bond donors (Lipinski definition) is 0. The second kappa shape index (κ2) is 5.53. The lowest BCUT2D eigenvalue weighted by Crippen LogP contribution is -2.25. The molecule has 0 aliphatic carbocycles. The molecule has 1 aromatic heterocycles. The maximum absolute atomic E-state index is 6.00. The monoisotopic (exact) mass is 240 g/mol. The molecular formula is C13H21ClN2. The summed E-state index contributed by atoms with van der Waals surface area (Å²) < 4.78 is 0. The average molecular weight is 241 g/mol. The first-order chi connectivity index (χ1) is 7.45. The van der Waals surface area contributed by atoms with Crippen LogP contribution < -0.4 is 4.90 Å². The van der Waals surface area contributed by atoms with Crippen LogP contribution in [0.4, 0.5) is 5.82 Å². The van der Waals surface area contributed by atoms with Gasteiger partial charge in [-0.05, 0) is 31.4 Å². The molecule has 0 radical (unpaired) electrons. The van der Waals surface area contributed by atoms with E-state index in [0.717, 1.165) is 23.6 Å². The van der Waals surface area contributed by atoms with Crippen molar-refractivity contribution < 1.29 is 0 Å². The van der Waals surface area contributed by atoms with Crippen molar-refractivity contribution in [3.05, 3.63) is 22.9 Å². The number of anilines is 1. The van der Waals surface area contributed by atoms with Crippen LogP contribution in [0.3, 0.4) is 0 Å². The number of rotatable bonds is 4. The molecule has 1 aromatic rings. The highest BCUT2D eigenvalue weighted by Gasteiger charge is 2.12. The molecule has 0 aliphatic rings. The van der Waals surface area contributed by atoms with E-state index in [1.165, 1.54) is 5.56 Å². The molecule has 16 heavy (non-hydrogen) atoms. The number of pyridine rings is 1. The van der Waals surface area contributed by atoms with E-state index in [1.54, 1.807) is 0 Å². The fourth-order valence-corrected chi connectivity index (χ4v) is 2.29. The van der Waals surface area contributed by atoms with Crippen molar-refractivity contribution >= 4 is 17.4 Å². The van der Waals surface area contributed by atoms with Crippen LogP contribution in [0.5, 0.6) is 0 Å². The molecule has 0 saturated carbocycles. The normalized spacial score (nSPS) is 10.9. The second-order valence-corrected chi connectivity index (χ2v) is 5.06. The van der Waals surface area contributed by atoms with Gasteiger partial charge in [0.1, 0.15) is 5.82 Å². The Morgan fingerprint density at radius 2 is 2.00 bits per heavy atom. The van der Waals surface area contributed by atoms with Gasteiger partial charge in [-0.2, -0.15) is 0 Å². The van der Waals surface area contributed by atoms with Crippen molar-refractivity contribution in [2.24, 2.45) is 5.92 Å².